The van der Waals surface area contributed by atoms with Crippen molar-refractivity contribution in [3.05, 3.63) is 41.2 Å². The Morgan fingerprint density at radius 1 is 1.44 bits per heavy atom. The van der Waals surface area contributed by atoms with Gasteiger partial charge in [-0.25, -0.2) is 0 Å². The number of benzene rings is 1. The molecule has 5 nitrogen and oxygen atoms in total. The number of halogens is 1. The number of anilines is 2. The van der Waals surface area contributed by atoms with Crippen molar-refractivity contribution in [3.8, 4) is 0 Å². The predicted octanol–water partition coefficient (Wildman–Crippen LogP) is 4.11. The van der Waals surface area contributed by atoms with Crippen molar-refractivity contribution in [2.75, 3.05) is 23.3 Å². The highest BCUT2D eigenvalue weighted by Gasteiger charge is 2.20. The molecule has 1 fully saturated rings. The van der Waals surface area contributed by atoms with Gasteiger partial charge < -0.3 is 10.2 Å². The molecule has 0 saturated carbocycles. The van der Waals surface area contributed by atoms with Gasteiger partial charge in [0.2, 0.25) is 5.91 Å². The monoisotopic (exact) mass is 360 g/mol. The molecular weight excluding hydrogens is 336 g/mol. The molecule has 0 radical (unpaired) electrons. The lowest BCUT2D eigenvalue weighted by Gasteiger charge is -2.34. The lowest BCUT2D eigenvalue weighted by molar-refractivity contribution is -0.116. The van der Waals surface area contributed by atoms with E-state index in [-0.39, 0.29) is 5.91 Å². The summed E-state index contributed by atoms with van der Waals surface area (Å²) in [6.45, 7) is 6.85. The zero-order valence-electron chi connectivity index (χ0n) is 14.8. The molecule has 1 aromatic carbocycles. The number of hydrogen-bond donors (Lipinski definition) is 1. The average molecular weight is 361 g/mol. The molecule has 2 aromatic rings. The van der Waals surface area contributed by atoms with Crippen LogP contribution in [-0.2, 0) is 11.3 Å². The van der Waals surface area contributed by atoms with E-state index in [0.29, 0.717) is 23.9 Å². The molecule has 1 aliphatic heterocycles. The maximum absolute atomic E-state index is 12.4. The number of nitrogens with one attached hydrogen (secondary N) is 1. The van der Waals surface area contributed by atoms with Crippen LogP contribution < -0.4 is 10.2 Å². The van der Waals surface area contributed by atoms with E-state index in [9.17, 15) is 4.79 Å². The van der Waals surface area contributed by atoms with Gasteiger partial charge in [-0.2, -0.15) is 5.10 Å². The van der Waals surface area contributed by atoms with Crippen molar-refractivity contribution in [2.24, 2.45) is 5.92 Å². The minimum absolute atomic E-state index is 0.0262. The van der Waals surface area contributed by atoms with Crippen LogP contribution in [-0.4, -0.2) is 28.8 Å². The Morgan fingerprint density at radius 2 is 2.28 bits per heavy atom. The average Bonchev–Trinajstić information content (AvgIpc) is 2.99. The number of aromatic nitrogens is 2. The largest absolute Gasteiger partial charge is 0.370 e. The number of carbonyl (C=O) groups is 1. The maximum atomic E-state index is 12.4. The summed E-state index contributed by atoms with van der Waals surface area (Å²) in [5, 5.41) is 7.88. The van der Waals surface area contributed by atoms with Gasteiger partial charge in [-0.15, -0.1) is 0 Å². The van der Waals surface area contributed by atoms with Crippen LogP contribution in [0.2, 0.25) is 5.02 Å². The molecule has 3 rings (SSSR count). The van der Waals surface area contributed by atoms with E-state index in [0.717, 1.165) is 30.0 Å². The molecule has 1 aliphatic rings. The molecule has 6 heteroatoms. The van der Waals surface area contributed by atoms with Crippen molar-refractivity contribution < 1.29 is 4.79 Å². The first-order valence-electron chi connectivity index (χ1n) is 8.84. The first-order valence-corrected chi connectivity index (χ1v) is 9.22. The number of aryl methyl sites for hydroxylation is 2. The molecule has 0 spiro atoms. The normalized spacial score (nSPS) is 17.6. The van der Waals surface area contributed by atoms with Crippen LogP contribution in [0, 0.1) is 12.8 Å². The van der Waals surface area contributed by atoms with E-state index in [4.69, 9.17) is 11.6 Å². The fourth-order valence-corrected chi connectivity index (χ4v) is 3.48. The molecule has 134 valence electrons. The fourth-order valence-electron chi connectivity index (χ4n) is 3.31. The quantitative estimate of drug-likeness (QED) is 0.872. The highest BCUT2D eigenvalue weighted by atomic mass is 35.5. The van der Waals surface area contributed by atoms with Crippen molar-refractivity contribution in [2.45, 2.75) is 39.7 Å². The zero-order valence-corrected chi connectivity index (χ0v) is 15.6. The van der Waals surface area contributed by atoms with Gasteiger partial charge in [0.05, 0.1) is 17.6 Å². The standard InChI is InChI=1S/C19H25ClN4O/c1-14-4-3-8-23(12-14)18-6-5-16(20)10-17(18)22-19(25)7-9-24-13-15(2)11-21-24/h5-6,10-11,13-14H,3-4,7-9,12H2,1-2H3,(H,22,25). The molecule has 1 saturated heterocycles. The summed E-state index contributed by atoms with van der Waals surface area (Å²) >= 11 is 6.16. The van der Waals surface area contributed by atoms with Gasteiger partial charge in [-0.1, -0.05) is 18.5 Å². The van der Waals surface area contributed by atoms with Gasteiger partial charge >= 0.3 is 0 Å². The Bertz CT molecular complexity index is 743. The molecule has 1 unspecified atom stereocenters. The Hall–Kier alpha value is -2.01. The van der Waals surface area contributed by atoms with Crippen LogP contribution in [0.4, 0.5) is 11.4 Å². The predicted molar refractivity (Wildman–Crippen MR) is 102 cm³/mol. The minimum atomic E-state index is -0.0262. The first-order chi connectivity index (χ1) is 12.0. The topological polar surface area (TPSA) is 50.2 Å². The first kappa shape index (κ1) is 17.8. The van der Waals surface area contributed by atoms with E-state index >= 15 is 0 Å². The Balaban J connectivity index is 1.68. The molecule has 1 N–H and O–H groups in total. The Labute approximate surface area is 154 Å². The van der Waals surface area contributed by atoms with Crippen molar-refractivity contribution >= 4 is 28.9 Å². The summed E-state index contributed by atoms with van der Waals surface area (Å²) < 4.78 is 1.79. The highest BCUT2D eigenvalue weighted by molar-refractivity contribution is 6.31. The van der Waals surface area contributed by atoms with Crippen molar-refractivity contribution in [1.82, 2.24) is 9.78 Å². The summed E-state index contributed by atoms with van der Waals surface area (Å²) in [5.74, 6) is 0.637. The van der Waals surface area contributed by atoms with E-state index in [1.807, 2.05) is 31.3 Å². The van der Waals surface area contributed by atoms with Gasteiger partial charge in [0.15, 0.2) is 0 Å². The van der Waals surface area contributed by atoms with E-state index in [1.165, 1.54) is 12.8 Å². The summed E-state index contributed by atoms with van der Waals surface area (Å²) in [7, 11) is 0. The smallest absolute Gasteiger partial charge is 0.226 e. The zero-order chi connectivity index (χ0) is 17.8. The van der Waals surface area contributed by atoms with Gasteiger partial charge in [0, 0.05) is 37.3 Å². The number of carbonyl (C=O) groups excluding carboxylic acids is 1. The number of nitrogens with zero attached hydrogens (tertiary/aromatic N) is 3. The molecule has 0 bridgehead atoms. The third kappa shape index (κ3) is 4.75. The van der Waals surface area contributed by atoms with Crippen LogP contribution in [0.3, 0.4) is 0 Å². The fraction of sp³-hybridized carbons (Fsp3) is 0.474. The van der Waals surface area contributed by atoms with Crippen LogP contribution in [0.25, 0.3) is 0 Å². The maximum Gasteiger partial charge on any atom is 0.226 e. The number of amides is 1. The van der Waals surface area contributed by atoms with Crippen molar-refractivity contribution in [1.29, 1.82) is 0 Å². The number of rotatable bonds is 5. The third-order valence-electron chi connectivity index (χ3n) is 4.56. The molecule has 1 atom stereocenters. The Morgan fingerprint density at radius 3 is 3.00 bits per heavy atom. The molecule has 1 amide bonds. The summed E-state index contributed by atoms with van der Waals surface area (Å²) in [4.78, 5) is 14.7. The van der Waals surface area contributed by atoms with E-state index < -0.39 is 0 Å². The lowest BCUT2D eigenvalue weighted by atomic mass is 9.99. The second-order valence-electron chi connectivity index (χ2n) is 6.93. The summed E-state index contributed by atoms with van der Waals surface area (Å²) in [6, 6.07) is 5.73. The number of piperidine rings is 1. The molecule has 25 heavy (non-hydrogen) atoms. The number of hydrogen-bond acceptors (Lipinski definition) is 3. The summed E-state index contributed by atoms with van der Waals surface area (Å²) in [6.07, 6.45) is 6.55. The van der Waals surface area contributed by atoms with Crippen LogP contribution >= 0.6 is 11.6 Å². The summed E-state index contributed by atoms with van der Waals surface area (Å²) in [5.41, 5.74) is 2.94. The molecule has 2 heterocycles. The second kappa shape index (κ2) is 7.91. The Kier molecular flexibility index (Phi) is 5.63. The minimum Gasteiger partial charge on any atom is -0.370 e. The van der Waals surface area contributed by atoms with Gasteiger partial charge in [-0.05, 0) is 49.4 Å². The lowest BCUT2D eigenvalue weighted by Crippen LogP contribution is -2.34. The second-order valence-corrected chi connectivity index (χ2v) is 7.37. The van der Waals surface area contributed by atoms with E-state index in [2.05, 4.69) is 22.2 Å². The molecule has 1 aromatic heterocycles. The van der Waals surface area contributed by atoms with Crippen LogP contribution in [0.5, 0.6) is 0 Å². The molecular formula is C19H25ClN4O. The van der Waals surface area contributed by atoms with Gasteiger partial charge in [0.1, 0.15) is 0 Å². The SMILES string of the molecule is Cc1cnn(CCC(=O)Nc2cc(Cl)ccc2N2CCCC(C)C2)c1. The van der Waals surface area contributed by atoms with E-state index in [1.54, 1.807) is 10.9 Å². The van der Waals surface area contributed by atoms with Gasteiger partial charge in [-0.3, -0.25) is 9.48 Å². The third-order valence-corrected chi connectivity index (χ3v) is 4.80. The van der Waals surface area contributed by atoms with Crippen molar-refractivity contribution in [3.63, 3.8) is 0 Å². The van der Waals surface area contributed by atoms with Crippen LogP contribution in [0.15, 0.2) is 30.6 Å². The van der Waals surface area contributed by atoms with Gasteiger partial charge in [0.25, 0.3) is 0 Å². The molecule has 0 aliphatic carbocycles. The van der Waals surface area contributed by atoms with Crippen LogP contribution in [0.1, 0.15) is 31.7 Å². The highest BCUT2D eigenvalue weighted by Crippen LogP contribution is 2.32.